The first kappa shape index (κ1) is 12.7. The Labute approximate surface area is 105 Å². The Kier molecular flexibility index (Phi) is 4.52. The lowest BCUT2D eigenvalue weighted by Gasteiger charge is -2.14. The normalized spacial score (nSPS) is 11.6. The lowest BCUT2D eigenvalue weighted by atomic mass is 9.91. The van der Waals surface area contributed by atoms with Gasteiger partial charge in [0.15, 0.2) is 0 Å². The van der Waals surface area contributed by atoms with Crippen LogP contribution in [0.5, 0.6) is 0 Å². The van der Waals surface area contributed by atoms with E-state index in [0.29, 0.717) is 17.9 Å². The Hall–Kier alpha value is -1.32. The van der Waals surface area contributed by atoms with Crippen molar-refractivity contribution in [3.8, 4) is 12.1 Å². The molecule has 0 aromatic heterocycles. The van der Waals surface area contributed by atoms with Crippen molar-refractivity contribution in [1.82, 2.24) is 0 Å². The van der Waals surface area contributed by atoms with Crippen molar-refractivity contribution in [3.05, 3.63) is 33.3 Å². The highest BCUT2D eigenvalue weighted by Crippen LogP contribution is 2.28. The fourth-order valence-electron chi connectivity index (χ4n) is 1.63. The minimum atomic E-state index is 0.378. The van der Waals surface area contributed by atoms with E-state index in [4.69, 9.17) is 10.5 Å². The molecule has 0 aliphatic carbocycles. The van der Waals surface area contributed by atoms with Gasteiger partial charge in [0.2, 0.25) is 0 Å². The molecule has 0 aliphatic rings. The van der Waals surface area contributed by atoms with Gasteiger partial charge in [-0.2, -0.15) is 10.5 Å². The largest absolute Gasteiger partial charge is 0.198 e. The van der Waals surface area contributed by atoms with Gasteiger partial charge in [-0.25, -0.2) is 0 Å². The number of benzene rings is 1. The van der Waals surface area contributed by atoms with Crippen LogP contribution in [0.25, 0.3) is 0 Å². The predicted molar refractivity (Wildman–Crippen MR) is 66.9 cm³/mol. The molecule has 0 radical (unpaired) electrons. The number of nitriles is 2. The summed E-state index contributed by atoms with van der Waals surface area (Å²) in [6.45, 7) is 4.22. The quantitative estimate of drug-likeness (QED) is 0.841. The summed E-state index contributed by atoms with van der Waals surface area (Å²) >= 11 is 3.35. The Morgan fingerprint density at radius 3 is 2.56 bits per heavy atom. The van der Waals surface area contributed by atoms with Gasteiger partial charge in [-0.1, -0.05) is 13.8 Å². The SMILES string of the molecule is CCC(C)c1cc(C#N)c(Br)cc1CC#N. The lowest BCUT2D eigenvalue weighted by Crippen LogP contribution is -2.00. The van der Waals surface area contributed by atoms with Crippen molar-refractivity contribution in [2.45, 2.75) is 32.6 Å². The van der Waals surface area contributed by atoms with Crippen LogP contribution in [-0.4, -0.2) is 0 Å². The topological polar surface area (TPSA) is 47.6 Å². The molecule has 0 amide bonds. The number of rotatable bonds is 3. The van der Waals surface area contributed by atoms with Gasteiger partial charge in [0.1, 0.15) is 6.07 Å². The van der Waals surface area contributed by atoms with Crippen molar-refractivity contribution >= 4 is 15.9 Å². The van der Waals surface area contributed by atoms with E-state index in [1.807, 2.05) is 12.1 Å². The summed E-state index contributed by atoms with van der Waals surface area (Å²) in [5.41, 5.74) is 2.77. The number of halogens is 1. The molecule has 0 N–H and O–H groups in total. The second-order valence-corrected chi connectivity index (χ2v) is 4.64. The molecule has 0 aliphatic heterocycles. The van der Waals surface area contributed by atoms with Crippen molar-refractivity contribution < 1.29 is 0 Å². The minimum Gasteiger partial charge on any atom is -0.198 e. The zero-order chi connectivity index (χ0) is 12.1. The second kappa shape index (κ2) is 5.68. The van der Waals surface area contributed by atoms with Gasteiger partial charge >= 0.3 is 0 Å². The highest BCUT2D eigenvalue weighted by atomic mass is 79.9. The Morgan fingerprint density at radius 1 is 1.38 bits per heavy atom. The van der Waals surface area contributed by atoms with Crippen LogP contribution < -0.4 is 0 Å². The van der Waals surface area contributed by atoms with E-state index in [2.05, 4.69) is 41.9 Å². The third kappa shape index (κ3) is 2.62. The van der Waals surface area contributed by atoms with Gasteiger partial charge in [0.05, 0.1) is 18.1 Å². The van der Waals surface area contributed by atoms with E-state index in [-0.39, 0.29) is 0 Å². The van der Waals surface area contributed by atoms with Crippen molar-refractivity contribution in [3.63, 3.8) is 0 Å². The summed E-state index contributed by atoms with van der Waals surface area (Å²) in [4.78, 5) is 0. The molecule has 3 heteroatoms. The Balaban J connectivity index is 3.33. The van der Waals surface area contributed by atoms with E-state index in [0.717, 1.165) is 22.0 Å². The minimum absolute atomic E-state index is 0.378. The molecule has 0 saturated carbocycles. The van der Waals surface area contributed by atoms with E-state index in [9.17, 15) is 0 Å². The van der Waals surface area contributed by atoms with Gasteiger partial charge in [0.25, 0.3) is 0 Å². The molecule has 0 heterocycles. The third-order valence-electron chi connectivity index (χ3n) is 2.76. The number of hydrogen-bond acceptors (Lipinski definition) is 2. The van der Waals surface area contributed by atoms with E-state index in [1.165, 1.54) is 0 Å². The monoisotopic (exact) mass is 276 g/mol. The van der Waals surface area contributed by atoms with Crippen LogP contribution in [0.4, 0.5) is 0 Å². The average molecular weight is 277 g/mol. The van der Waals surface area contributed by atoms with Crippen LogP contribution in [-0.2, 0) is 6.42 Å². The Morgan fingerprint density at radius 2 is 2.06 bits per heavy atom. The van der Waals surface area contributed by atoms with Gasteiger partial charge in [-0.05, 0) is 51.5 Å². The van der Waals surface area contributed by atoms with E-state index in [1.54, 1.807) is 0 Å². The molecular formula is C13H13BrN2. The molecule has 0 bridgehead atoms. The molecule has 2 nitrogen and oxygen atoms in total. The van der Waals surface area contributed by atoms with Crippen LogP contribution in [0.3, 0.4) is 0 Å². The molecule has 1 unspecified atom stereocenters. The van der Waals surface area contributed by atoms with Crippen molar-refractivity contribution in [1.29, 1.82) is 10.5 Å². The molecule has 0 fully saturated rings. The molecule has 0 saturated heterocycles. The average Bonchev–Trinajstić information content (AvgIpc) is 2.29. The molecule has 82 valence electrons. The summed E-state index contributed by atoms with van der Waals surface area (Å²) in [7, 11) is 0. The van der Waals surface area contributed by atoms with E-state index >= 15 is 0 Å². The van der Waals surface area contributed by atoms with Crippen LogP contribution >= 0.6 is 15.9 Å². The highest BCUT2D eigenvalue weighted by molar-refractivity contribution is 9.10. The van der Waals surface area contributed by atoms with Crippen LogP contribution in [0.2, 0.25) is 0 Å². The fourth-order valence-corrected chi connectivity index (χ4v) is 2.11. The second-order valence-electron chi connectivity index (χ2n) is 3.79. The highest BCUT2D eigenvalue weighted by Gasteiger charge is 2.12. The maximum Gasteiger partial charge on any atom is 0.100 e. The summed E-state index contributed by atoms with van der Waals surface area (Å²) in [5.74, 6) is 0.378. The van der Waals surface area contributed by atoms with Crippen molar-refractivity contribution in [2.24, 2.45) is 0 Å². The van der Waals surface area contributed by atoms with Gasteiger partial charge in [-0.15, -0.1) is 0 Å². The molecule has 0 spiro atoms. The maximum atomic E-state index is 8.97. The van der Waals surface area contributed by atoms with Gasteiger partial charge in [0, 0.05) is 4.47 Å². The molecule has 16 heavy (non-hydrogen) atoms. The Bertz CT molecular complexity index is 466. The van der Waals surface area contributed by atoms with Crippen LogP contribution in [0.15, 0.2) is 16.6 Å². The molecule has 1 aromatic carbocycles. The smallest absolute Gasteiger partial charge is 0.100 e. The lowest BCUT2D eigenvalue weighted by molar-refractivity contribution is 0.725. The molecule has 1 atom stereocenters. The van der Waals surface area contributed by atoms with Crippen molar-refractivity contribution in [2.75, 3.05) is 0 Å². The molecular weight excluding hydrogens is 264 g/mol. The zero-order valence-corrected chi connectivity index (χ0v) is 11.0. The number of hydrogen-bond donors (Lipinski definition) is 0. The first-order valence-corrected chi connectivity index (χ1v) is 6.02. The third-order valence-corrected chi connectivity index (χ3v) is 3.42. The number of nitrogens with zero attached hydrogens (tertiary/aromatic N) is 2. The molecule has 1 aromatic rings. The first-order chi connectivity index (χ1) is 7.63. The van der Waals surface area contributed by atoms with Gasteiger partial charge < -0.3 is 0 Å². The van der Waals surface area contributed by atoms with E-state index < -0.39 is 0 Å². The van der Waals surface area contributed by atoms with Crippen LogP contribution in [0, 0.1) is 22.7 Å². The summed E-state index contributed by atoms with van der Waals surface area (Å²) < 4.78 is 0.771. The summed E-state index contributed by atoms with van der Waals surface area (Å²) in [6, 6.07) is 8.10. The maximum absolute atomic E-state index is 8.97. The molecule has 1 rings (SSSR count). The standard InChI is InChI=1S/C13H13BrN2/c1-3-9(2)12-6-11(8-16)13(14)7-10(12)4-5-15/h6-7,9H,3-4H2,1-2H3. The first-order valence-electron chi connectivity index (χ1n) is 5.23. The van der Waals surface area contributed by atoms with Gasteiger partial charge in [-0.3, -0.25) is 0 Å². The van der Waals surface area contributed by atoms with Crippen LogP contribution in [0.1, 0.15) is 42.9 Å². The summed E-state index contributed by atoms with van der Waals surface area (Å²) in [5, 5.41) is 17.8. The predicted octanol–water partition coefficient (Wildman–Crippen LogP) is 3.90. The zero-order valence-electron chi connectivity index (χ0n) is 9.42. The fraction of sp³-hybridized carbons (Fsp3) is 0.385. The summed E-state index contributed by atoms with van der Waals surface area (Å²) in [6.07, 6.45) is 1.40.